The van der Waals surface area contributed by atoms with Crippen molar-refractivity contribution in [2.24, 2.45) is 5.92 Å². The molecule has 0 saturated carbocycles. The van der Waals surface area contributed by atoms with Gasteiger partial charge >= 0.3 is 41.5 Å². The van der Waals surface area contributed by atoms with E-state index in [0.717, 1.165) is 0 Å². The van der Waals surface area contributed by atoms with Gasteiger partial charge in [0.05, 0.1) is 0 Å². The first-order chi connectivity index (χ1) is 4.59. The van der Waals surface area contributed by atoms with Crippen LogP contribution >= 0.6 is 0 Å². The fourth-order valence-corrected chi connectivity index (χ4v) is 0.641. The summed E-state index contributed by atoms with van der Waals surface area (Å²) < 4.78 is 0. The number of aliphatic carboxylic acids is 2. The van der Waals surface area contributed by atoms with Crippen LogP contribution in [0.4, 0.5) is 0 Å². The van der Waals surface area contributed by atoms with Gasteiger partial charge in [-0.3, -0.25) is 9.59 Å². The van der Waals surface area contributed by atoms with Crippen molar-refractivity contribution >= 4 is 41.5 Å². The maximum atomic E-state index is 10.2. The van der Waals surface area contributed by atoms with Gasteiger partial charge in [0.2, 0.25) is 0 Å². The third-order valence-electron chi connectivity index (χ3n) is 1.17. The van der Waals surface area contributed by atoms with Crippen molar-refractivity contribution in [3.05, 3.63) is 0 Å². The summed E-state index contributed by atoms with van der Waals surface area (Å²) in [6.07, 6.45) is 0.772. The number of carbonyl (C=O) groups is 2. The quantitative estimate of drug-likeness (QED) is 0.457. The van der Waals surface area contributed by atoms with Gasteiger partial charge in [0.1, 0.15) is 0 Å². The molecule has 0 aromatic rings. The van der Waals surface area contributed by atoms with Gasteiger partial charge in [-0.25, -0.2) is 0 Å². The molecule has 0 heterocycles. The van der Waals surface area contributed by atoms with Crippen molar-refractivity contribution in [2.45, 2.75) is 19.8 Å². The molecule has 0 atom stereocenters. The molecular formula is C6H11NaO4. The molecule has 0 rings (SSSR count). The molecule has 0 aromatic carbocycles. The van der Waals surface area contributed by atoms with Crippen LogP contribution < -0.4 is 0 Å². The van der Waals surface area contributed by atoms with E-state index in [1.807, 2.05) is 0 Å². The van der Waals surface area contributed by atoms with Crippen LogP contribution in [0.15, 0.2) is 0 Å². The second-order valence-electron chi connectivity index (χ2n) is 2.02. The minimum absolute atomic E-state index is 0. The summed E-state index contributed by atoms with van der Waals surface area (Å²) in [6, 6.07) is 0. The molecule has 2 N–H and O–H groups in total. The molecule has 0 fully saturated rings. The SMILES string of the molecule is CCCC(C(=O)O)C(=O)O.[NaH]. The van der Waals surface area contributed by atoms with E-state index >= 15 is 0 Å². The standard InChI is InChI=1S/C6H10O4.Na.H/c1-2-3-4(5(7)8)6(9)10;;/h4H,2-3H2,1H3,(H,7,8)(H,9,10);;. The Balaban J connectivity index is 0. The monoisotopic (exact) mass is 170 g/mol. The Morgan fingerprint density at radius 1 is 1.27 bits per heavy atom. The topological polar surface area (TPSA) is 74.6 Å². The van der Waals surface area contributed by atoms with Gasteiger partial charge in [0.25, 0.3) is 0 Å². The van der Waals surface area contributed by atoms with Crippen LogP contribution in [0.1, 0.15) is 19.8 Å². The summed E-state index contributed by atoms with van der Waals surface area (Å²) in [5, 5.41) is 16.6. The summed E-state index contributed by atoms with van der Waals surface area (Å²) in [5.41, 5.74) is 0. The molecule has 0 aliphatic rings. The number of carboxylic acid groups (broad SMARTS) is 2. The fraction of sp³-hybridized carbons (Fsp3) is 0.667. The zero-order valence-corrected chi connectivity index (χ0v) is 5.70. The van der Waals surface area contributed by atoms with Gasteiger partial charge in [-0.2, -0.15) is 0 Å². The number of rotatable bonds is 4. The fourth-order valence-electron chi connectivity index (χ4n) is 0.641. The summed E-state index contributed by atoms with van der Waals surface area (Å²) in [7, 11) is 0. The molecule has 0 unspecified atom stereocenters. The van der Waals surface area contributed by atoms with E-state index in [9.17, 15) is 9.59 Å². The molecule has 0 amide bonds. The molecule has 11 heavy (non-hydrogen) atoms. The number of hydrogen-bond acceptors (Lipinski definition) is 2. The average Bonchev–Trinajstić information content (AvgIpc) is 1.81. The molecule has 0 bridgehead atoms. The Morgan fingerprint density at radius 2 is 1.64 bits per heavy atom. The predicted octanol–water partition coefficient (Wildman–Crippen LogP) is -0.0766. The second kappa shape index (κ2) is 6.64. The zero-order valence-electron chi connectivity index (χ0n) is 5.70. The Bertz CT molecular complexity index is 132. The van der Waals surface area contributed by atoms with Crippen molar-refractivity contribution in [1.82, 2.24) is 0 Å². The average molecular weight is 170 g/mol. The molecule has 0 aliphatic carbocycles. The molecule has 60 valence electrons. The van der Waals surface area contributed by atoms with Crippen LogP contribution in [-0.4, -0.2) is 51.7 Å². The molecule has 0 radical (unpaired) electrons. The first kappa shape index (κ1) is 13.5. The zero-order chi connectivity index (χ0) is 8.15. The van der Waals surface area contributed by atoms with Crippen molar-refractivity contribution in [1.29, 1.82) is 0 Å². The van der Waals surface area contributed by atoms with Crippen molar-refractivity contribution in [3.63, 3.8) is 0 Å². The molecule has 0 aliphatic heterocycles. The number of carboxylic acids is 2. The van der Waals surface area contributed by atoms with Crippen LogP contribution in [-0.2, 0) is 9.59 Å². The van der Waals surface area contributed by atoms with E-state index in [2.05, 4.69) is 0 Å². The van der Waals surface area contributed by atoms with Crippen LogP contribution in [0.25, 0.3) is 0 Å². The van der Waals surface area contributed by atoms with E-state index in [1.165, 1.54) is 0 Å². The van der Waals surface area contributed by atoms with Gasteiger partial charge in [0.15, 0.2) is 5.92 Å². The molecule has 5 heteroatoms. The van der Waals surface area contributed by atoms with Gasteiger partial charge in [0, 0.05) is 0 Å². The molecular weight excluding hydrogens is 159 g/mol. The molecule has 0 spiro atoms. The van der Waals surface area contributed by atoms with Crippen LogP contribution in [0, 0.1) is 5.92 Å². The molecule has 0 aromatic heterocycles. The molecule has 4 nitrogen and oxygen atoms in total. The van der Waals surface area contributed by atoms with Gasteiger partial charge < -0.3 is 10.2 Å². The second-order valence-corrected chi connectivity index (χ2v) is 2.02. The third-order valence-corrected chi connectivity index (χ3v) is 1.17. The first-order valence-corrected chi connectivity index (χ1v) is 3.05. The summed E-state index contributed by atoms with van der Waals surface area (Å²) in [5.74, 6) is -3.74. The molecule has 0 saturated heterocycles. The Kier molecular flexibility index (Phi) is 8.16. The van der Waals surface area contributed by atoms with Gasteiger partial charge in [-0.1, -0.05) is 13.3 Å². The summed E-state index contributed by atoms with van der Waals surface area (Å²) >= 11 is 0. The predicted molar refractivity (Wildman–Crippen MR) is 40.8 cm³/mol. The van der Waals surface area contributed by atoms with E-state index in [-0.39, 0.29) is 36.0 Å². The summed E-state index contributed by atoms with van der Waals surface area (Å²) in [6.45, 7) is 1.75. The van der Waals surface area contributed by atoms with E-state index in [1.54, 1.807) is 6.92 Å². The van der Waals surface area contributed by atoms with Crippen molar-refractivity contribution in [2.75, 3.05) is 0 Å². The van der Waals surface area contributed by atoms with Crippen LogP contribution in [0.3, 0.4) is 0 Å². The van der Waals surface area contributed by atoms with Crippen molar-refractivity contribution < 1.29 is 19.8 Å². The minimum atomic E-state index is -1.26. The van der Waals surface area contributed by atoms with Gasteiger partial charge in [-0.05, 0) is 6.42 Å². The summed E-state index contributed by atoms with van der Waals surface area (Å²) in [4.78, 5) is 20.3. The van der Waals surface area contributed by atoms with E-state index in [0.29, 0.717) is 6.42 Å². The van der Waals surface area contributed by atoms with Crippen LogP contribution in [0.5, 0.6) is 0 Å². The normalized spacial score (nSPS) is 8.91. The first-order valence-electron chi connectivity index (χ1n) is 3.05. The maximum absolute atomic E-state index is 10.2. The Labute approximate surface area is 86.9 Å². The van der Waals surface area contributed by atoms with E-state index < -0.39 is 17.9 Å². The van der Waals surface area contributed by atoms with Crippen LogP contribution in [0.2, 0.25) is 0 Å². The number of hydrogen-bond donors (Lipinski definition) is 2. The van der Waals surface area contributed by atoms with Gasteiger partial charge in [-0.15, -0.1) is 0 Å². The van der Waals surface area contributed by atoms with E-state index in [4.69, 9.17) is 10.2 Å². The van der Waals surface area contributed by atoms with Crippen molar-refractivity contribution in [3.8, 4) is 0 Å². The Hall–Kier alpha value is -0.0600. The Morgan fingerprint density at radius 3 is 1.73 bits per heavy atom. The third kappa shape index (κ3) is 5.24.